The van der Waals surface area contributed by atoms with Crippen molar-refractivity contribution in [3.05, 3.63) is 24.3 Å². The zero-order chi connectivity index (χ0) is 13.9. The number of nitrogens with two attached hydrogens (primary N) is 1. The van der Waals surface area contributed by atoms with Crippen molar-refractivity contribution in [1.29, 1.82) is 0 Å². The van der Waals surface area contributed by atoms with E-state index in [9.17, 15) is 8.42 Å². The Kier molecular flexibility index (Phi) is 4.31. The Hall–Kier alpha value is -1.27. The van der Waals surface area contributed by atoms with Crippen LogP contribution in [0.4, 0.5) is 5.69 Å². The quantitative estimate of drug-likeness (QED) is 0.766. The molecule has 0 unspecified atom stereocenters. The van der Waals surface area contributed by atoms with Crippen LogP contribution >= 0.6 is 0 Å². The number of rotatable bonds is 7. The first-order valence-corrected chi connectivity index (χ1v) is 8.00. The van der Waals surface area contributed by atoms with Crippen LogP contribution < -0.4 is 10.5 Å². The van der Waals surface area contributed by atoms with Crippen molar-refractivity contribution < 1.29 is 13.2 Å². The van der Waals surface area contributed by atoms with Gasteiger partial charge in [-0.25, -0.2) is 12.7 Å². The molecule has 1 aromatic carbocycles. The molecule has 1 fully saturated rings. The smallest absolute Gasteiger partial charge is 0.217 e. The molecule has 5 nitrogen and oxygen atoms in total. The van der Waals surface area contributed by atoms with Crippen molar-refractivity contribution in [2.75, 3.05) is 31.7 Å². The molecule has 0 spiro atoms. The van der Waals surface area contributed by atoms with Crippen LogP contribution in [0.5, 0.6) is 5.75 Å². The molecule has 1 saturated carbocycles. The standard InChI is InChI=1S/C13H20N2O3S/c1-15(10-11-5-6-11)19(16,17)8-7-18-13-4-2-3-12(14)9-13/h2-4,9,11H,5-8,10,14H2,1H3. The fraction of sp³-hybridized carbons (Fsp3) is 0.538. The number of nitrogens with zero attached hydrogens (tertiary/aromatic N) is 1. The second-order valence-corrected chi connectivity index (χ2v) is 7.16. The minimum Gasteiger partial charge on any atom is -0.492 e. The lowest BCUT2D eigenvalue weighted by Crippen LogP contribution is -2.33. The molecule has 1 aliphatic rings. The summed E-state index contributed by atoms with van der Waals surface area (Å²) in [6, 6.07) is 6.98. The molecule has 6 heteroatoms. The fourth-order valence-corrected chi connectivity index (χ4v) is 2.85. The van der Waals surface area contributed by atoms with Crippen LogP contribution in [-0.4, -0.2) is 38.7 Å². The first-order valence-electron chi connectivity index (χ1n) is 6.40. The van der Waals surface area contributed by atoms with Gasteiger partial charge in [-0.05, 0) is 30.9 Å². The predicted molar refractivity (Wildman–Crippen MR) is 75.5 cm³/mol. The van der Waals surface area contributed by atoms with Gasteiger partial charge in [0.05, 0.1) is 5.75 Å². The Bertz CT molecular complexity index is 526. The Morgan fingerprint density at radius 3 is 2.79 bits per heavy atom. The molecule has 1 aromatic rings. The Labute approximate surface area is 114 Å². The van der Waals surface area contributed by atoms with Gasteiger partial charge in [-0.1, -0.05) is 6.07 Å². The van der Waals surface area contributed by atoms with Crippen LogP contribution in [-0.2, 0) is 10.0 Å². The van der Waals surface area contributed by atoms with E-state index in [1.54, 1.807) is 31.3 Å². The summed E-state index contributed by atoms with van der Waals surface area (Å²) in [7, 11) is -1.59. The Morgan fingerprint density at radius 1 is 1.42 bits per heavy atom. The summed E-state index contributed by atoms with van der Waals surface area (Å²) in [4.78, 5) is 0. The number of benzene rings is 1. The van der Waals surface area contributed by atoms with Gasteiger partial charge in [0.1, 0.15) is 12.4 Å². The van der Waals surface area contributed by atoms with Crippen molar-refractivity contribution in [3.63, 3.8) is 0 Å². The van der Waals surface area contributed by atoms with Gasteiger partial charge in [0.25, 0.3) is 0 Å². The van der Waals surface area contributed by atoms with Gasteiger partial charge in [0.15, 0.2) is 0 Å². The van der Waals surface area contributed by atoms with Crippen LogP contribution in [0.15, 0.2) is 24.3 Å². The summed E-state index contributed by atoms with van der Waals surface area (Å²) in [6.07, 6.45) is 2.28. The summed E-state index contributed by atoms with van der Waals surface area (Å²) in [5.74, 6) is 1.14. The van der Waals surface area contributed by atoms with Crippen molar-refractivity contribution in [1.82, 2.24) is 4.31 Å². The third-order valence-electron chi connectivity index (χ3n) is 3.16. The maximum Gasteiger partial charge on any atom is 0.217 e. The molecule has 19 heavy (non-hydrogen) atoms. The van der Waals surface area contributed by atoms with Gasteiger partial charge in [-0.3, -0.25) is 0 Å². The molecule has 0 aliphatic heterocycles. The number of hydrogen-bond donors (Lipinski definition) is 1. The highest BCUT2D eigenvalue weighted by Gasteiger charge is 2.27. The second-order valence-electron chi connectivity index (χ2n) is 4.96. The maximum atomic E-state index is 12.0. The summed E-state index contributed by atoms with van der Waals surface area (Å²) in [5.41, 5.74) is 6.22. The van der Waals surface area contributed by atoms with Crippen LogP contribution in [0.25, 0.3) is 0 Å². The lowest BCUT2D eigenvalue weighted by Gasteiger charge is -2.16. The number of ether oxygens (including phenoxy) is 1. The molecule has 0 saturated heterocycles. The van der Waals surface area contributed by atoms with Crippen LogP contribution in [0, 0.1) is 5.92 Å². The highest BCUT2D eigenvalue weighted by Crippen LogP contribution is 2.30. The summed E-state index contributed by atoms with van der Waals surface area (Å²) in [5, 5.41) is 0. The number of nitrogen functional groups attached to an aromatic ring is 1. The van der Waals surface area contributed by atoms with E-state index in [-0.39, 0.29) is 12.4 Å². The van der Waals surface area contributed by atoms with Gasteiger partial charge in [-0.15, -0.1) is 0 Å². The summed E-state index contributed by atoms with van der Waals surface area (Å²) < 4.78 is 30.8. The van der Waals surface area contributed by atoms with Crippen molar-refractivity contribution in [2.45, 2.75) is 12.8 Å². The summed E-state index contributed by atoms with van der Waals surface area (Å²) in [6.45, 7) is 0.765. The van der Waals surface area contributed by atoms with Gasteiger partial charge in [0.2, 0.25) is 10.0 Å². The number of anilines is 1. The highest BCUT2D eigenvalue weighted by molar-refractivity contribution is 7.89. The van der Waals surface area contributed by atoms with Gasteiger partial charge < -0.3 is 10.5 Å². The molecule has 106 valence electrons. The third-order valence-corrected chi connectivity index (χ3v) is 4.94. The van der Waals surface area contributed by atoms with E-state index >= 15 is 0 Å². The molecule has 0 bridgehead atoms. The molecule has 0 atom stereocenters. The SMILES string of the molecule is CN(CC1CC1)S(=O)(=O)CCOc1cccc(N)c1. The number of hydrogen-bond acceptors (Lipinski definition) is 4. The zero-order valence-corrected chi connectivity index (χ0v) is 11.9. The average molecular weight is 284 g/mol. The third kappa shape index (κ3) is 4.40. The molecule has 0 radical (unpaired) electrons. The van der Waals surface area contributed by atoms with Gasteiger partial charge in [0, 0.05) is 25.3 Å². The lowest BCUT2D eigenvalue weighted by atomic mass is 10.3. The maximum absolute atomic E-state index is 12.0. The topological polar surface area (TPSA) is 72.6 Å². The normalized spacial score (nSPS) is 15.7. The molecule has 0 amide bonds. The molecule has 1 aliphatic carbocycles. The fourth-order valence-electron chi connectivity index (χ4n) is 1.80. The van der Waals surface area contributed by atoms with Crippen LogP contribution in [0.1, 0.15) is 12.8 Å². The molecule has 2 rings (SSSR count). The van der Waals surface area contributed by atoms with Crippen molar-refractivity contribution in [2.24, 2.45) is 5.92 Å². The highest BCUT2D eigenvalue weighted by atomic mass is 32.2. The minimum atomic E-state index is -3.22. The molecular weight excluding hydrogens is 264 g/mol. The molecule has 0 aromatic heterocycles. The first-order chi connectivity index (χ1) is 8.97. The first kappa shape index (κ1) is 14.1. The predicted octanol–water partition coefficient (Wildman–Crippen LogP) is 1.32. The van der Waals surface area contributed by atoms with Crippen molar-refractivity contribution in [3.8, 4) is 5.75 Å². The molecule has 2 N–H and O–H groups in total. The molecular formula is C13H20N2O3S. The summed E-state index contributed by atoms with van der Waals surface area (Å²) >= 11 is 0. The van der Waals surface area contributed by atoms with E-state index in [1.807, 2.05) is 0 Å². The zero-order valence-electron chi connectivity index (χ0n) is 11.1. The number of sulfonamides is 1. The van der Waals surface area contributed by atoms with E-state index in [2.05, 4.69) is 0 Å². The minimum absolute atomic E-state index is 0.00891. The van der Waals surface area contributed by atoms with Crippen LogP contribution in [0.2, 0.25) is 0 Å². The van der Waals surface area contributed by atoms with Crippen molar-refractivity contribution >= 4 is 15.7 Å². The van der Waals surface area contributed by atoms with E-state index in [1.165, 1.54) is 4.31 Å². The lowest BCUT2D eigenvalue weighted by molar-refractivity contribution is 0.336. The Morgan fingerprint density at radius 2 is 2.16 bits per heavy atom. The van der Waals surface area contributed by atoms with Gasteiger partial charge in [-0.2, -0.15) is 0 Å². The van der Waals surface area contributed by atoms with E-state index in [0.29, 0.717) is 23.9 Å². The Balaban J connectivity index is 1.80. The molecule has 0 heterocycles. The van der Waals surface area contributed by atoms with Crippen LogP contribution in [0.3, 0.4) is 0 Å². The van der Waals surface area contributed by atoms with Gasteiger partial charge >= 0.3 is 0 Å². The van der Waals surface area contributed by atoms with E-state index in [4.69, 9.17) is 10.5 Å². The monoisotopic (exact) mass is 284 g/mol. The second kappa shape index (κ2) is 5.79. The largest absolute Gasteiger partial charge is 0.492 e. The van der Waals surface area contributed by atoms with E-state index in [0.717, 1.165) is 12.8 Å². The average Bonchev–Trinajstić information content (AvgIpc) is 3.12. The van der Waals surface area contributed by atoms with E-state index < -0.39 is 10.0 Å².